The number of allylic oxidation sites excluding steroid dienone is 6. The molecule has 6 aromatic carbocycles. The Bertz CT molecular complexity index is 3200. The van der Waals surface area contributed by atoms with E-state index >= 15 is 0 Å². The highest BCUT2D eigenvalue weighted by atomic mass is 16.5. The minimum Gasteiger partial charge on any atom is -0.469 e. The molecule has 4 heterocycles. The van der Waals surface area contributed by atoms with Crippen LogP contribution in [0.3, 0.4) is 0 Å². The molecule has 1 aliphatic heterocycles. The monoisotopic (exact) mass is 733 g/mol. The van der Waals surface area contributed by atoms with Crippen LogP contribution in [0.15, 0.2) is 192 Å². The number of nitrogens with zero attached hydrogens (tertiary/aromatic N) is 3. The lowest BCUT2D eigenvalue weighted by Crippen LogP contribution is -2.19. The molecule has 5 nitrogen and oxygen atoms in total. The van der Waals surface area contributed by atoms with Crippen molar-refractivity contribution in [2.75, 3.05) is 0 Å². The van der Waals surface area contributed by atoms with Gasteiger partial charge in [-0.15, -0.1) is 0 Å². The molecule has 3 aliphatic rings. The normalized spacial score (nSPS) is 18.3. The van der Waals surface area contributed by atoms with Gasteiger partial charge in [0.1, 0.15) is 17.3 Å². The highest BCUT2D eigenvalue weighted by Crippen LogP contribution is 2.48. The highest BCUT2D eigenvalue weighted by Gasteiger charge is 2.39. The van der Waals surface area contributed by atoms with Crippen LogP contribution in [0.4, 0.5) is 0 Å². The summed E-state index contributed by atoms with van der Waals surface area (Å²) in [6, 6.07) is 49.3. The molecule has 0 fully saturated rings. The summed E-state index contributed by atoms with van der Waals surface area (Å²) >= 11 is 0. The van der Waals surface area contributed by atoms with Crippen LogP contribution in [-0.2, 0) is 0 Å². The molecule has 0 radical (unpaired) electrons. The quantitative estimate of drug-likeness (QED) is 0.177. The number of benzene rings is 6. The summed E-state index contributed by atoms with van der Waals surface area (Å²) in [7, 11) is 0. The first kappa shape index (κ1) is 32.0. The first-order valence-electron chi connectivity index (χ1n) is 19.7. The molecular weight excluding hydrogens is 699 g/mol. The highest BCUT2D eigenvalue weighted by molar-refractivity contribution is 6.11. The predicted octanol–water partition coefficient (Wildman–Crippen LogP) is 12.9. The Morgan fingerprint density at radius 2 is 1.28 bits per heavy atom. The second-order valence-electron chi connectivity index (χ2n) is 15.2. The maximum Gasteiger partial charge on any atom is 0.222 e. The van der Waals surface area contributed by atoms with Gasteiger partial charge in [-0.1, -0.05) is 115 Å². The summed E-state index contributed by atoms with van der Waals surface area (Å²) in [6.45, 7) is 0. The lowest BCUT2D eigenvalue weighted by atomic mass is 9.82. The molecule has 2 aliphatic carbocycles. The third-order valence-corrected chi connectivity index (χ3v) is 11.9. The smallest absolute Gasteiger partial charge is 0.222 e. The summed E-state index contributed by atoms with van der Waals surface area (Å²) < 4.78 is 15.5. The molecule has 5 heteroatoms. The molecule has 0 bridgehead atoms. The van der Waals surface area contributed by atoms with E-state index in [-0.39, 0.29) is 12.0 Å². The molecular formula is C52H35N3O2. The fourth-order valence-electron chi connectivity index (χ4n) is 9.13. The Labute approximate surface area is 329 Å². The van der Waals surface area contributed by atoms with Gasteiger partial charge in [-0.2, -0.15) is 4.98 Å². The van der Waals surface area contributed by atoms with E-state index in [9.17, 15) is 0 Å². The van der Waals surface area contributed by atoms with Crippen molar-refractivity contribution in [3.05, 3.63) is 193 Å². The van der Waals surface area contributed by atoms with Gasteiger partial charge in [0, 0.05) is 44.3 Å². The van der Waals surface area contributed by atoms with Crippen molar-refractivity contribution in [1.82, 2.24) is 14.5 Å². The fraction of sp³-hybridized carbons (Fsp3) is 0.0769. The number of hydrogen-bond acceptors (Lipinski definition) is 4. The average Bonchev–Trinajstić information content (AvgIpc) is 3.95. The van der Waals surface area contributed by atoms with Crippen LogP contribution in [0.25, 0.3) is 83.2 Å². The molecule has 3 aromatic heterocycles. The minimum absolute atomic E-state index is 0.00489. The molecule has 12 rings (SSSR count). The third kappa shape index (κ3) is 5.16. The molecule has 0 spiro atoms. The summed E-state index contributed by atoms with van der Waals surface area (Å²) in [5, 5.41) is 4.58. The Balaban J connectivity index is 1.00. The maximum atomic E-state index is 6.63. The standard InChI is InChI=1S/C52H35N3O2/c1-4-12-32(13-5-1)34-21-26-48-43(30-34)49-50(53-51(54-52(49)57-48)33-14-6-2-7-15-33)37-23-27-47-42(31-37)41-29-36(22-25-46(41)56-47)35-20-24-45-40(28-35)39-18-10-11-19-44(39)55(45)38-16-8-3-9-17-38/h1-12,14-32,43,48H,13H2. The van der Waals surface area contributed by atoms with Gasteiger partial charge in [0.15, 0.2) is 5.82 Å². The van der Waals surface area contributed by atoms with E-state index in [2.05, 4.69) is 168 Å². The number of hydrogen-bond donors (Lipinski definition) is 0. The van der Waals surface area contributed by atoms with E-state index in [0.29, 0.717) is 17.6 Å². The van der Waals surface area contributed by atoms with E-state index < -0.39 is 0 Å². The van der Waals surface area contributed by atoms with Gasteiger partial charge in [0.25, 0.3) is 0 Å². The Hall–Kier alpha value is -7.24. The molecule has 57 heavy (non-hydrogen) atoms. The number of para-hydroxylation sites is 2. The van der Waals surface area contributed by atoms with Gasteiger partial charge in [-0.05, 0) is 89.9 Å². The SMILES string of the molecule is C1=CCC(C2=CC3c4c(nc(-c5ccccc5)nc4-c4ccc5oc6ccc(-c7ccc8c(c7)c7ccccc7n8-c7ccccc7)cc6c5c4)OC3C=C2)C=C1. The van der Waals surface area contributed by atoms with E-state index in [1.807, 2.05) is 18.2 Å². The van der Waals surface area contributed by atoms with Crippen LogP contribution >= 0.6 is 0 Å². The molecule has 3 unspecified atom stereocenters. The zero-order chi connectivity index (χ0) is 37.5. The van der Waals surface area contributed by atoms with Crippen molar-refractivity contribution >= 4 is 43.7 Å². The second-order valence-corrected chi connectivity index (χ2v) is 15.2. The summed E-state index contributed by atoms with van der Waals surface area (Å²) in [5.74, 6) is 1.65. The zero-order valence-corrected chi connectivity index (χ0v) is 30.9. The van der Waals surface area contributed by atoms with Gasteiger partial charge in [0.2, 0.25) is 5.88 Å². The van der Waals surface area contributed by atoms with Crippen LogP contribution in [0, 0.1) is 5.92 Å². The summed E-state index contributed by atoms with van der Waals surface area (Å²) in [5.41, 5.74) is 12.7. The molecule has 0 amide bonds. The van der Waals surface area contributed by atoms with Crippen LogP contribution in [0.1, 0.15) is 17.9 Å². The number of fused-ring (bicyclic) bond motifs is 9. The molecule has 0 N–H and O–H groups in total. The number of furan rings is 1. The van der Waals surface area contributed by atoms with Gasteiger partial charge in [-0.25, -0.2) is 4.98 Å². The van der Waals surface area contributed by atoms with Crippen molar-refractivity contribution in [3.8, 4) is 45.3 Å². The van der Waals surface area contributed by atoms with Crippen LogP contribution < -0.4 is 4.74 Å². The minimum atomic E-state index is -0.133. The summed E-state index contributed by atoms with van der Waals surface area (Å²) in [4.78, 5) is 10.4. The molecule has 9 aromatic rings. The van der Waals surface area contributed by atoms with Crippen molar-refractivity contribution in [2.45, 2.75) is 18.4 Å². The van der Waals surface area contributed by atoms with E-state index in [4.69, 9.17) is 19.1 Å². The van der Waals surface area contributed by atoms with E-state index in [1.165, 1.54) is 27.4 Å². The van der Waals surface area contributed by atoms with Gasteiger partial charge >= 0.3 is 0 Å². The Morgan fingerprint density at radius 3 is 2.09 bits per heavy atom. The lowest BCUT2D eigenvalue weighted by Gasteiger charge is -2.23. The van der Waals surface area contributed by atoms with Crippen LogP contribution in [-0.4, -0.2) is 20.6 Å². The third-order valence-electron chi connectivity index (χ3n) is 11.9. The van der Waals surface area contributed by atoms with Crippen molar-refractivity contribution in [3.63, 3.8) is 0 Å². The van der Waals surface area contributed by atoms with Crippen molar-refractivity contribution in [2.24, 2.45) is 5.92 Å². The fourth-order valence-corrected chi connectivity index (χ4v) is 9.13. The van der Waals surface area contributed by atoms with E-state index in [0.717, 1.165) is 67.6 Å². The first-order valence-corrected chi connectivity index (χ1v) is 19.7. The second kappa shape index (κ2) is 12.7. The Morgan fingerprint density at radius 1 is 0.579 bits per heavy atom. The predicted molar refractivity (Wildman–Crippen MR) is 231 cm³/mol. The van der Waals surface area contributed by atoms with Gasteiger partial charge < -0.3 is 13.7 Å². The van der Waals surface area contributed by atoms with Gasteiger partial charge in [-0.3, -0.25) is 0 Å². The van der Waals surface area contributed by atoms with Crippen LogP contribution in [0.5, 0.6) is 5.88 Å². The Kier molecular flexibility index (Phi) is 7.11. The first-order chi connectivity index (χ1) is 28.2. The molecule has 0 saturated heterocycles. The van der Waals surface area contributed by atoms with Crippen LogP contribution in [0.2, 0.25) is 0 Å². The zero-order valence-electron chi connectivity index (χ0n) is 30.9. The average molecular weight is 734 g/mol. The molecule has 0 saturated carbocycles. The van der Waals surface area contributed by atoms with Gasteiger partial charge in [0.05, 0.1) is 28.2 Å². The van der Waals surface area contributed by atoms with Crippen molar-refractivity contribution in [1.29, 1.82) is 0 Å². The largest absolute Gasteiger partial charge is 0.469 e. The molecule has 3 atom stereocenters. The van der Waals surface area contributed by atoms with E-state index in [1.54, 1.807) is 0 Å². The molecule has 270 valence electrons. The van der Waals surface area contributed by atoms with Crippen molar-refractivity contribution < 1.29 is 9.15 Å². The number of aromatic nitrogens is 3. The maximum absolute atomic E-state index is 6.63. The lowest BCUT2D eigenvalue weighted by molar-refractivity contribution is 0.259. The number of ether oxygens (including phenoxy) is 1. The topological polar surface area (TPSA) is 53.1 Å². The summed E-state index contributed by atoms with van der Waals surface area (Å²) in [6.07, 6.45) is 16.5. The number of rotatable bonds is 5.